The van der Waals surface area contributed by atoms with Crippen molar-refractivity contribution < 1.29 is 0 Å². The Morgan fingerprint density at radius 3 is 2.29 bits per heavy atom. The molecule has 0 unspecified atom stereocenters. The van der Waals surface area contributed by atoms with Gasteiger partial charge in [0.15, 0.2) is 0 Å². The SMILES string of the molecule is C=C/C=c1/[nH]cc(CCN)/c1=C/C.CC.CC. The highest BCUT2D eigenvalue weighted by Gasteiger charge is 1.95. The number of aromatic nitrogens is 1. The standard InChI is InChI=1S/C11H16N2.2C2H6/c1-3-5-11-10(4-2)9(6-7-12)8-13-11;2*1-2/h3-5,8,13H,1,6-7,12H2,2H3;2*1-2H3/b10-4-,11-5+;;. The first-order valence-corrected chi connectivity index (χ1v) is 6.49. The van der Waals surface area contributed by atoms with Gasteiger partial charge in [0.05, 0.1) is 0 Å². The van der Waals surface area contributed by atoms with Gasteiger partial charge in [0.2, 0.25) is 0 Å². The predicted octanol–water partition coefficient (Wildman–Crippen LogP) is 2.34. The lowest BCUT2D eigenvalue weighted by Gasteiger charge is -1.90. The van der Waals surface area contributed by atoms with Crippen LogP contribution in [0.2, 0.25) is 0 Å². The molecule has 2 heteroatoms. The molecule has 0 aliphatic heterocycles. The zero-order chi connectivity index (χ0) is 13.7. The van der Waals surface area contributed by atoms with Crippen LogP contribution in [0.15, 0.2) is 18.9 Å². The van der Waals surface area contributed by atoms with E-state index in [2.05, 4.69) is 17.6 Å². The number of hydrogen-bond donors (Lipinski definition) is 2. The summed E-state index contributed by atoms with van der Waals surface area (Å²) in [6, 6.07) is 0. The normalized spacial score (nSPS) is 11.2. The number of allylic oxidation sites excluding steroid dienone is 1. The summed E-state index contributed by atoms with van der Waals surface area (Å²) in [5, 5.41) is 2.35. The molecule has 0 bridgehead atoms. The summed E-state index contributed by atoms with van der Waals surface area (Å²) in [4.78, 5) is 3.20. The molecule has 98 valence electrons. The molecule has 17 heavy (non-hydrogen) atoms. The predicted molar refractivity (Wildman–Crippen MR) is 80.3 cm³/mol. The van der Waals surface area contributed by atoms with E-state index < -0.39 is 0 Å². The molecule has 3 N–H and O–H groups in total. The van der Waals surface area contributed by atoms with Gasteiger partial charge in [-0.3, -0.25) is 0 Å². The Morgan fingerprint density at radius 1 is 1.29 bits per heavy atom. The Morgan fingerprint density at radius 2 is 1.88 bits per heavy atom. The molecule has 1 heterocycles. The van der Waals surface area contributed by atoms with Crippen LogP contribution in [0.3, 0.4) is 0 Å². The molecule has 0 aromatic carbocycles. The van der Waals surface area contributed by atoms with Crippen LogP contribution >= 0.6 is 0 Å². The molecule has 0 aliphatic rings. The third-order valence-electron chi connectivity index (χ3n) is 2.02. The number of nitrogens with two attached hydrogens (primary N) is 1. The van der Waals surface area contributed by atoms with E-state index in [1.807, 2.05) is 46.9 Å². The highest BCUT2D eigenvalue weighted by Crippen LogP contribution is 1.86. The fourth-order valence-electron chi connectivity index (χ4n) is 1.45. The van der Waals surface area contributed by atoms with Crippen LogP contribution in [-0.2, 0) is 6.42 Å². The Bertz CT molecular complexity index is 386. The van der Waals surface area contributed by atoms with E-state index in [1.54, 1.807) is 6.08 Å². The molecule has 0 radical (unpaired) electrons. The largest absolute Gasteiger partial charge is 0.361 e. The second kappa shape index (κ2) is 12.8. The highest BCUT2D eigenvalue weighted by atomic mass is 14.7. The Balaban J connectivity index is 0. The number of aromatic amines is 1. The van der Waals surface area contributed by atoms with Crippen molar-refractivity contribution >= 4 is 12.2 Å². The van der Waals surface area contributed by atoms with Gasteiger partial charge in [-0.2, -0.15) is 0 Å². The molecule has 0 saturated heterocycles. The maximum Gasteiger partial charge on any atom is 0.0453 e. The van der Waals surface area contributed by atoms with Crippen molar-refractivity contribution in [1.29, 1.82) is 0 Å². The minimum atomic E-state index is 0.687. The maximum absolute atomic E-state index is 5.51. The molecular weight excluding hydrogens is 208 g/mol. The summed E-state index contributed by atoms with van der Waals surface area (Å²) in [6.07, 6.45) is 8.77. The first-order valence-electron chi connectivity index (χ1n) is 6.49. The lowest BCUT2D eigenvalue weighted by atomic mass is 10.2. The molecule has 1 aromatic heterocycles. The van der Waals surface area contributed by atoms with Crippen molar-refractivity contribution in [2.45, 2.75) is 41.0 Å². The van der Waals surface area contributed by atoms with Crippen LogP contribution in [0.4, 0.5) is 0 Å². The van der Waals surface area contributed by atoms with Crippen molar-refractivity contribution in [3.8, 4) is 0 Å². The van der Waals surface area contributed by atoms with Gasteiger partial charge in [-0.1, -0.05) is 46.4 Å². The zero-order valence-electron chi connectivity index (χ0n) is 12.0. The summed E-state index contributed by atoms with van der Waals surface area (Å²) in [5.41, 5.74) is 6.79. The van der Waals surface area contributed by atoms with Crippen LogP contribution in [0.25, 0.3) is 12.2 Å². The minimum absolute atomic E-state index is 0.687. The molecule has 0 fully saturated rings. The molecule has 1 aromatic rings. The van der Waals surface area contributed by atoms with Crippen molar-refractivity contribution in [3.05, 3.63) is 35.0 Å². The maximum atomic E-state index is 5.51. The van der Waals surface area contributed by atoms with Crippen molar-refractivity contribution in [2.75, 3.05) is 6.54 Å². The summed E-state index contributed by atoms with van der Waals surface area (Å²) in [6.45, 7) is 14.4. The lowest BCUT2D eigenvalue weighted by Crippen LogP contribution is -2.25. The second-order valence-corrected chi connectivity index (χ2v) is 2.87. The third-order valence-corrected chi connectivity index (χ3v) is 2.02. The van der Waals surface area contributed by atoms with E-state index in [-0.39, 0.29) is 0 Å². The highest BCUT2D eigenvalue weighted by molar-refractivity contribution is 5.38. The number of hydrogen-bond acceptors (Lipinski definition) is 1. The van der Waals surface area contributed by atoms with E-state index in [0.29, 0.717) is 6.54 Å². The monoisotopic (exact) mass is 236 g/mol. The van der Waals surface area contributed by atoms with Crippen LogP contribution in [0, 0.1) is 0 Å². The molecule has 0 spiro atoms. The fourth-order valence-corrected chi connectivity index (χ4v) is 1.45. The first kappa shape index (κ1) is 18.1. The van der Waals surface area contributed by atoms with Gasteiger partial charge in [0.25, 0.3) is 0 Å². The average Bonchev–Trinajstić information content (AvgIpc) is 2.77. The molecule has 0 atom stereocenters. The topological polar surface area (TPSA) is 41.8 Å². The van der Waals surface area contributed by atoms with E-state index in [4.69, 9.17) is 5.73 Å². The Labute approximate surface area is 106 Å². The average molecular weight is 236 g/mol. The summed E-state index contributed by atoms with van der Waals surface area (Å²) in [7, 11) is 0. The molecular formula is C15H28N2. The molecule has 0 aliphatic carbocycles. The molecule has 1 rings (SSSR count). The zero-order valence-corrected chi connectivity index (χ0v) is 12.0. The third kappa shape index (κ3) is 6.12. The van der Waals surface area contributed by atoms with Gasteiger partial charge in [0.1, 0.15) is 0 Å². The number of nitrogens with one attached hydrogen (secondary N) is 1. The minimum Gasteiger partial charge on any atom is -0.361 e. The van der Waals surface area contributed by atoms with Gasteiger partial charge in [-0.05, 0) is 36.7 Å². The Hall–Kier alpha value is -1.28. The van der Waals surface area contributed by atoms with Crippen molar-refractivity contribution in [2.24, 2.45) is 5.73 Å². The number of rotatable bonds is 3. The summed E-state index contributed by atoms with van der Waals surface area (Å²) >= 11 is 0. The van der Waals surface area contributed by atoms with Crippen LogP contribution in [0.1, 0.15) is 40.2 Å². The van der Waals surface area contributed by atoms with Crippen LogP contribution in [0.5, 0.6) is 0 Å². The first-order chi connectivity index (χ1) is 8.33. The van der Waals surface area contributed by atoms with Crippen molar-refractivity contribution in [3.63, 3.8) is 0 Å². The van der Waals surface area contributed by atoms with Crippen molar-refractivity contribution in [1.82, 2.24) is 4.98 Å². The van der Waals surface area contributed by atoms with Gasteiger partial charge in [0, 0.05) is 11.5 Å². The molecule has 2 nitrogen and oxygen atoms in total. The molecule has 0 amide bonds. The quantitative estimate of drug-likeness (QED) is 0.831. The van der Waals surface area contributed by atoms with Crippen LogP contribution in [-0.4, -0.2) is 11.5 Å². The van der Waals surface area contributed by atoms with E-state index in [9.17, 15) is 0 Å². The summed E-state index contributed by atoms with van der Waals surface area (Å²) in [5.74, 6) is 0. The summed E-state index contributed by atoms with van der Waals surface area (Å²) < 4.78 is 0. The van der Waals surface area contributed by atoms with E-state index >= 15 is 0 Å². The number of H-pyrrole nitrogens is 1. The van der Waals surface area contributed by atoms with E-state index in [0.717, 1.165) is 11.8 Å². The fraction of sp³-hybridized carbons (Fsp3) is 0.467. The Kier molecular flexibility index (Phi) is 13.6. The van der Waals surface area contributed by atoms with Gasteiger partial charge < -0.3 is 10.7 Å². The lowest BCUT2D eigenvalue weighted by molar-refractivity contribution is 0.964. The van der Waals surface area contributed by atoms with Gasteiger partial charge in [-0.25, -0.2) is 0 Å². The van der Waals surface area contributed by atoms with Gasteiger partial charge >= 0.3 is 0 Å². The van der Waals surface area contributed by atoms with Crippen LogP contribution < -0.4 is 16.3 Å². The smallest absolute Gasteiger partial charge is 0.0453 e. The second-order valence-electron chi connectivity index (χ2n) is 2.87. The molecule has 0 saturated carbocycles. The van der Waals surface area contributed by atoms with Gasteiger partial charge in [-0.15, -0.1) is 0 Å². The van der Waals surface area contributed by atoms with E-state index in [1.165, 1.54) is 10.8 Å².